The number of aryl methyl sites for hydroxylation is 2. The van der Waals surface area contributed by atoms with Gasteiger partial charge in [0.15, 0.2) is 0 Å². The zero-order chi connectivity index (χ0) is 22.2. The van der Waals surface area contributed by atoms with Gasteiger partial charge in [0.05, 0.1) is 11.7 Å². The predicted molar refractivity (Wildman–Crippen MR) is 117 cm³/mol. The van der Waals surface area contributed by atoms with E-state index in [1.54, 1.807) is 18.2 Å². The van der Waals surface area contributed by atoms with Crippen LogP contribution in [0.2, 0.25) is 0 Å². The molecule has 30 heavy (non-hydrogen) atoms. The van der Waals surface area contributed by atoms with Crippen LogP contribution in [0.15, 0.2) is 36.4 Å². The molecule has 2 amide bonds. The highest BCUT2D eigenvalue weighted by atomic mass is 16.7. The lowest BCUT2D eigenvalue weighted by molar-refractivity contribution is 0.0337. The minimum Gasteiger partial charge on any atom is -0.422 e. The molecule has 1 heterocycles. The normalized spacial score (nSPS) is 14.0. The Morgan fingerprint density at radius 3 is 2.33 bits per heavy atom. The van der Waals surface area contributed by atoms with Crippen LogP contribution in [0.5, 0.6) is 0 Å². The van der Waals surface area contributed by atoms with Crippen LogP contribution in [0.3, 0.4) is 0 Å². The summed E-state index contributed by atoms with van der Waals surface area (Å²) in [5, 5.41) is 11.1. The topological polar surface area (TPSA) is 90.9 Å². The number of fused-ring (bicyclic) bond motifs is 1. The average Bonchev–Trinajstić information content (AvgIpc) is 3.03. The van der Waals surface area contributed by atoms with Crippen LogP contribution in [-0.4, -0.2) is 35.0 Å². The summed E-state index contributed by atoms with van der Waals surface area (Å²) in [5.74, 6) is -0.689. The minimum absolute atomic E-state index is 0.265. The maximum atomic E-state index is 13.4. The first-order valence-corrected chi connectivity index (χ1v) is 9.94. The second-order valence-corrected chi connectivity index (χ2v) is 8.91. The molecule has 2 aromatic carbocycles. The van der Waals surface area contributed by atoms with Gasteiger partial charge in [-0.2, -0.15) is 0 Å². The number of hydrogen-bond donors (Lipinski definition) is 3. The molecule has 0 saturated carbocycles. The minimum atomic E-state index is -1.07. The molecule has 0 saturated heterocycles. The number of nitrogens with zero attached hydrogens (tertiary/aromatic N) is 1. The molecule has 1 aliphatic heterocycles. The number of carbonyl (C=O) groups excluding carboxylic acids is 2. The third-order valence-electron chi connectivity index (χ3n) is 5.41. The van der Waals surface area contributed by atoms with Crippen LogP contribution < -0.4 is 16.4 Å². The summed E-state index contributed by atoms with van der Waals surface area (Å²) >= 11 is 0. The first kappa shape index (κ1) is 21.9. The molecule has 0 radical (unpaired) electrons. The molecule has 0 aliphatic carbocycles. The van der Waals surface area contributed by atoms with Crippen LogP contribution in [0, 0.1) is 19.3 Å². The molecular weight excluding hydrogens is 381 g/mol. The molecule has 0 spiro atoms. The van der Waals surface area contributed by atoms with Gasteiger partial charge < -0.3 is 5.02 Å². The summed E-state index contributed by atoms with van der Waals surface area (Å²) in [6, 6.07) is 10.2. The third kappa shape index (κ3) is 4.50. The Bertz CT molecular complexity index is 967. The van der Waals surface area contributed by atoms with Gasteiger partial charge in [0.1, 0.15) is 0 Å². The van der Waals surface area contributed by atoms with Crippen LogP contribution in [-0.2, 0) is 4.76 Å². The largest absolute Gasteiger partial charge is 0.516 e. The van der Waals surface area contributed by atoms with Gasteiger partial charge in [-0.05, 0) is 50.5 Å². The number of benzene rings is 2. The molecule has 0 unspecified atom stereocenters. The molecule has 1 atom stereocenters. The molecule has 8 heteroatoms. The average molecular weight is 409 g/mol. The summed E-state index contributed by atoms with van der Waals surface area (Å²) in [7, 11) is -1.07. The Morgan fingerprint density at radius 2 is 1.73 bits per heavy atom. The molecule has 0 aromatic heterocycles. The molecule has 3 rings (SSSR count). The van der Waals surface area contributed by atoms with Gasteiger partial charge in [0.25, 0.3) is 11.8 Å². The van der Waals surface area contributed by atoms with E-state index in [1.165, 1.54) is 5.01 Å². The fraction of sp³-hybridized carbons (Fsp3) is 0.364. The molecule has 3 N–H and O–H groups in total. The van der Waals surface area contributed by atoms with Crippen molar-refractivity contribution in [1.29, 1.82) is 0 Å². The predicted octanol–water partition coefficient (Wildman–Crippen LogP) is 2.57. The lowest BCUT2D eigenvalue weighted by Gasteiger charge is -2.37. The zero-order valence-corrected chi connectivity index (χ0v) is 18.2. The Morgan fingerprint density at radius 1 is 1.10 bits per heavy atom. The molecular formula is C22H28BN3O4. The van der Waals surface area contributed by atoms with Crippen LogP contribution >= 0.6 is 0 Å². The number of hydrazine groups is 1. The smallest absolute Gasteiger partial charge is 0.422 e. The summed E-state index contributed by atoms with van der Waals surface area (Å²) in [6.07, 6.45) is 0. The molecule has 0 bridgehead atoms. The second kappa shape index (κ2) is 8.12. The van der Waals surface area contributed by atoms with E-state index in [0.717, 1.165) is 11.1 Å². The van der Waals surface area contributed by atoms with Crippen molar-refractivity contribution in [3.05, 3.63) is 58.7 Å². The highest BCUT2D eigenvalue weighted by Gasteiger charge is 2.33. The van der Waals surface area contributed by atoms with Crippen LogP contribution in [0.4, 0.5) is 5.69 Å². The molecule has 0 fully saturated rings. The Balaban J connectivity index is 1.91. The summed E-state index contributed by atoms with van der Waals surface area (Å²) < 4.78 is 4.95. The first-order valence-electron chi connectivity index (χ1n) is 9.94. The lowest BCUT2D eigenvalue weighted by atomic mass is 9.80. The van der Waals surface area contributed by atoms with Gasteiger partial charge in [-0.25, -0.2) is 5.01 Å². The summed E-state index contributed by atoms with van der Waals surface area (Å²) in [6.45, 7) is 11.8. The Kier molecular flexibility index (Phi) is 5.92. The quantitative estimate of drug-likeness (QED) is 0.536. The van der Waals surface area contributed by atoms with Crippen molar-refractivity contribution in [1.82, 2.24) is 10.4 Å². The van der Waals surface area contributed by atoms with Crippen molar-refractivity contribution in [3.8, 4) is 0 Å². The van der Waals surface area contributed by atoms with Crippen LogP contribution in [0.25, 0.3) is 0 Å². The number of nitrogens with one attached hydrogen (secondary N) is 2. The SMILES string of the molecule is Cc1cc(C)cc(C(=O)N(NC(=O)c2ccc3c(c2)NOB3O)[C@@H](C)C(C)(C)C)c1. The van der Waals surface area contributed by atoms with Gasteiger partial charge in [-0.15, -0.1) is 0 Å². The monoisotopic (exact) mass is 409 g/mol. The number of anilines is 1. The van der Waals surface area contributed by atoms with Gasteiger partial charge in [-0.1, -0.05) is 44.0 Å². The number of carbonyl (C=O) groups is 2. The number of rotatable bonds is 3. The van der Waals surface area contributed by atoms with E-state index in [1.807, 2.05) is 59.7 Å². The van der Waals surface area contributed by atoms with Crippen molar-refractivity contribution in [3.63, 3.8) is 0 Å². The van der Waals surface area contributed by atoms with E-state index in [9.17, 15) is 14.6 Å². The second-order valence-electron chi connectivity index (χ2n) is 8.91. The van der Waals surface area contributed by atoms with Crippen molar-refractivity contribution < 1.29 is 19.4 Å². The van der Waals surface area contributed by atoms with Crippen molar-refractivity contribution in [2.75, 3.05) is 5.48 Å². The molecule has 7 nitrogen and oxygen atoms in total. The highest BCUT2D eigenvalue weighted by molar-refractivity contribution is 6.63. The standard InChI is InChI=1S/C22H28BN3O4/c1-13-9-14(2)11-17(10-13)21(28)26(15(3)22(4,5)6)24-20(27)16-7-8-18-19(12-16)25-30-23(18)29/h7-12,15,25,29H,1-6H3,(H,24,27)/t15-/m0/s1. The van der Waals surface area contributed by atoms with Gasteiger partial charge in [-0.3, -0.25) is 25.3 Å². The van der Waals surface area contributed by atoms with E-state index in [2.05, 4.69) is 10.9 Å². The van der Waals surface area contributed by atoms with E-state index in [0.29, 0.717) is 22.3 Å². The van der Waals surface area contributed by atoms with Gasteiger partial charge in [0, 0.05) is 16.6 Å². The molecule has 1 aliphatic rings. The summed E-state index contributed by atoms with van der Waals surface area (Å²) in [4.78, 5) is 26.4. The Hall–Kier alpha value is -2.84. The fourth-order valence-electron chi connectivity index (χ4n) is 3.31. The maximum Gasteiger partial charge on any atom is 0.516 e. The van der Waals surface area contributed by atoms with Gasteiger partial charge >= 0.3 is 7.12 Å². The fourth-order valence-corrected chi connectivity index (χ4v) is 3.31. The maximum absolute atomic E-state index is 13.4. The van der Waals surface area contributed by atoms with E-state index < -0.39 is 13.0 Å². The number of amides is 2. The van der Waals surface area contributed by atoms with E-state index in [4.69, 9.17) is 4.76 Å². The number of hydrogen-bond acceptors (Lipinski definition) is 5. The van der Waals surface area contributed by atoms with Crippen molar-refractivity contribution in [2.24, 2.45) is 5.41 Å². The highest BCUT2D eigenvalue weighted by Crippen LogP contribution is 2.25. The van der Waals surface area contributed by atoms with Crippen LogP contribution in [0.1, 0.15) is 59.5 Å². The Labute approximate surface area is 177 Å². The lowest BCUT2D eigenvalue weighted by Crippen LogP contribution is -2.55. The van der Waals surface area contributed by atoms with Gasteiger partial charge in [0.2, 0.25) is 0 Å². The van der Waals surface area contributed by atoms with E-state index in [-0.39, 0.29) is 17.4 Å². The zero-order valence-electron chi connectivity index (χ0n) is 18.2. The first-order chi connectivity index (χ1) is 14.0. The van der Waals surface area contributed by atoms with E-state index >= 15 is 0 Å². The third-order valence-corrected chi connectivity index (χ3v) is 5.41. The van der Waals surface area contributed by atoms with Crippen molar-refractivity contribution >= 4 is 30.1 Å². The molecule has 2 aromatic rings. The molecule has 158 valence electrons. The van der Waals surface area contributed by atoms with Crippen molar-refractivity contribution in [2.45, 2.75) is 47.6 Å². The summed E-state index contributed by atoms with van der Waals surface area (Å²) in [5.41, 5.74) is 9.03.